The second-order valence-electron chi connectivity index (χ2n) is 8.72. The van der Waals surface area contributed by atoms with Gasteiger partial charge in [0.1, 0.15) is 5.82 Å². The normalized spacial score (nSPS) is 20.6. The largest absolute Gasteiger partial charge is 0.396 e. The Bertz CT molecular complexity index is 961. The molecule has 2 aromatic rings. The van der Waals surface area contributed by atoms with Crippen LogP contribution in [0.1, 0.15) is 54.0 Å². The van der Waals surface area contributed by atoms with E-state index in [9.17, 15) is 15.0 Å². The van der Waals surface area contributed by atoms with Crippen molar-refractivity contribution >= 4 is 23.3 Å². The number of carbonyl (C=O) groups excluding carboxylic acids is 1. The molecule has 0 radical (unpaired) electrons. The maximum absolute atomic E-state index is 13.6. The molecule has 1 aromatic carbocycles. The van der Waals surface area contributed by atoms with Gasteiger partial charge < -0.3 is 29.2 Å². The van der Waals surface area contributed by atoms with Gasteiger partial charge in [-0.05, 0) is 49.8 Å². The summed E-state index contributed by atoms with van der Waals surface area (Å²) in [6.07, 6.45) is 3.37. The Morgan fingerprint density at radius 2 is 2.03 bits per heavy atom. The summed E-state index contributed by atoms with van der Waals surface area (Å²) in [5, 5.41) is 20.8. The summed E-state index contributed by atoms with van der Waals surface area (Å²) in [6.45, 7) is 1.98. The molecule has 186 valence electrons. The summed E-state index contributed by atoms with van der Waals surface area (Å²) in [5.41, 5.74) is 1.41. The molecule has 2 unspecified atom stereocenters. The Kier molecular flexibility index (Phi) is 8.44. The van der Waals surface area contributed by atoms with Gasteiger partial charge in [0.15, 0.2) is 17.8 Å². The second-order valence-corrected chi connectivity index (χ2v) is 9.15. The lowest BCUT2D eigenvalue weighted by molar-refractivity contribution is -0.163. The van der Waals surface area contributed by atoms with Crippen LogP contribution in [-0.2, 0) is 22.4 Å². The first kappa shape index (κ1) is 24.9. The van der Waals surface area contributed by atoms with E-state index in [0.29, 0.717) is 61.3 Å². The highest BCUT2D eigenvalue weighted by Crippen LogP contribution is 2.31. The second kappa shape index (κ2) is 11.5. The van der Waals surface area contributed by atoms with E-state index in [0.717, 1.165) is 31.4 Å². The molecule has 0 saturated carbocycles. The lowest BCUT2D eigenvalue weighted by atomic mass is 10.2. The molecule has 4 rings (SSSR count). The van der Waals surface area contributed by atoms with E-state index in [1.165, 1.54) is 4.90 Å². The Balaban J connectivity index is 1.52. The number of halogens is 1. The summed E-state index contributed by atoms with van der Waals surface area (Å²) < 4.78 is 13.3. The molecule has 1 aromatic heterocycles. The van der Waals surface area contributed by atoms with Crippen molar-refractivity contribution in [2.75, 3.05) is 38.3 Å². The van der Waals surface area contributed by atoms with Gasteiger partial charge in [-0.15, -0.1) is 0 Å². The number of amides is 1. The van der Waals surface area contributed by atoms with Gasteiger partial charge in [0.25, 0.3) is 5.91 Å². The van der Waals surface area contributed by atoms with Crippen molar-refractivity contribution in [3.63, 3.8) is 0 Å². The molecule has 1 saturated heterocycles. The molecule has 34 heavy (non-hydrogen) atoms. The zero-order chi connectivity index (χ0) is 24.1. The molecular formula is C24H33ClN4O5. The first-order valence-electron chi connectivity index (χ1n) is 11.9. The van der Waals surface area contributed by atoms with Crippen molar-refractivity contribution in [3.8, 4) is 0 Å². The highest BCUT2D eigenvalue weighted by Gasteiger charge is 2.39. The molecule has 0 aliphatic carbocycles. The number of aryl methyl sites for hydroxylation is 1. The van der Waals surface area contributed by atoms with Gasteiger partial charge in [0, 0.05) is 44.8 Å². The van der Waals surface area contributed by atoms with E-state index in [1.54, 1.807) is 11.9 Å². The third kappa shape index (κ3) is 5.55. The van der Waals surface area contributed by atoms with Gasteiger partial charge in [0.05, 0.1) is 6.61 Å². The molecule has 1 fully saturated rings. The zero-order valence-electron chi connectivity index (χ0n) is 19.5. The number of fused-ring (bicyclic) bond motifs is 1. The minimum absolute atomic E-state index is 0.0295. The van der Waals surface area contributed by atoms with Crippen molar-refractivity contribution < 1.29 is 24.5 Å². The number of hydrogen-bond acceptors (Lipinski definition) is 7. The third-order valence-corrected chi connectivity index (χ3v) is 6.50. The third-order valence-electron chi connectivity index (χ3n) is 6.25. The molecular weight excluding hydrogens is 460 g/mol. The maximum Gasteiger partial charge on any atom is 0.277 e. The predicted octanol–water partition coefficient (Wildman–Crippen LogP) is 2.61. The van der Waals surface area contributed by atoms with Crippen LogP contribution in [-0.4, -0.2) is 76.6 Å². The highest BCUT2D eigenvalue weighted by molar-refractivity contribution is 6.30. The molecule has 0 bridgehead atoms. The number of aliphatic hydroxyl groups excluding tert-OH is 2. The van der Waals surface area contributed by atoms with E-state index in [1.807, 2.05) is 28.8 Å². The van der Waals surface area contributed by atoms with Crippen molar-refractivity contribution in [2.45, 2.75) is 57.7 Å². The average Bonchev–Trinajstić information content (AvgIpc) is 3.21. The number of rotatable bonds is 10. The van der Waals surface area contributed by atoms with Crippen molar-refractivity contribution in [1.29, 1.82) is 0 Å². The zero-order valence-corrected chi connectivity index (χ0v) is 20.3. The number of anilines is 1. The van der Waals surface area contributed by atoms with Gasteiger partial charge in [0.2, 0.25) is 6.35 Å². The molecule has 2 aliphatic heterocycles. The molecule has 1 amide bonds. The van der Waals surface area contributed by atoms with Crippen LogP contribution in [0.25, 0.3) is 0 Å². The summed E-state index contributed by atoms with van der Waals surface area (Å²) in [5.74, 6) is 0.870. The number of imidazole rings is 1. The fourth-order valence-corrected chi connectivity index (χ4v) is 4.51. The lowest BCUT2D eigenvalue weighted by Gasteiger charge is -2.38. The quantitative estimate of drug-likeness (QED) is 0.492. The Hall–Kier alpha value is -2.17. The number of aromatic nitrogens is 2. The fraction of sp³-hybridized carbons (Fsp3) is 0.583. The number of carbonyl (C=O) groups is 1. The van der Waals surface area contributed by atoms with Crippen LogP contribution in [0.4, 0.5) is 5.82 Å². The summed E-state index contributed by atoms with van der Waals surface area (Å²) >= 11 is 6.04. The van der Waals surface area contributed by atoms with Crippen LogP contribution in [0, 0.1) is 0 Å². The fourth-order valence-electron chi connectivity index (χ4n) is 4.38. The standard InChI is InChI=1S/C24H33ClN4O5/c1-27-22-21(23(31)28(24(27)32)12-5-15-34-20-7-2-3-14-33-20)29(19(26-22)6-4-13-30)16-17-8-10-18(25)11-9-17/h8-11,20,24,30,32H,2-7,12-16H2,1H3. The Labute approximate surface area is 204 Å². The summed E-state index contributed by atoms with van der Waals surface area (Å²) in [4.78, 5) is 21.3. The number of nitrogens with zero attached hydrogens (tertiary/aromatic N) is 4. The minimum atomic E-state index is -1.12. The van der Waals surface area contributed by atoms with E-state index in [4.69, 9.17) is 21.1 Å². The van der Waals surface area contributed by atoms with E-state index in [-0.39, 0.29) is 18.8 Å². The Morgan fingerprint density at radius 1 is 1.24 bits per heavy atom. The maximum atomic E-state index is 13.6. The molecule has 9 nitrogen and oxygen atoms in total. The van der Waals surface area contributed by atoms with Gasteiger partial charge in [-0.2, -0.15) is 0 Å². The van der Waals surface area contributed by atoms with Crippen LogP contribution >= 0.6 is 11.6 Å². The lowest BCUT2D eigenvalue weighted by Crippen LogP contribution is -2.54. The van der Waals surface area contributed by atoms with Crippen molar-refractivity contribution in [3.05, 3.63) is 46.4 Å². The number of benzene rings is 1. The highest BCUT2D eigenvalue weighted by atomic mass is 35.5. The van der Waals surface area contributed by atoms with E-state index in [2.05, 4.69) is 4.98 Å². The predicted molar refractivity (Wildman–Crippen MR) is 128 cm³/mol. The number of ether oxygens (including phenoxy) is 2. The molecule has 2 atom stereocenters. The van der Waals surface area contributed by atoms with Gasteiger partial charge in [-0.1, -0.05) is 23.7 Å². The van der Waals surface area contributed by atoms with Crippen molar-refractivity contribution in [2.24, 2.45) is 0 Å². The Morgan fingerprint density at radius 3 is 2.74 bits per heavy atom. The monoisotopic (exact) mass is 492 g/mol. The van der Waals surface area contributed by atoms with Crippen LogP contribution in [0.5, 0.6) is 0 Å². The first-order chi connectivity index (χ1) is 16.5. The van der Waals surface area contributed by atoms with Crippen LogP contribution < -0.4 is 4.90 Å². The topological polar surface area (TPSA) is 100 Å². The first-order valence-corrected chi connectivity index (χ1v) is 12.3. The van der Waals surface area contributed by atoms with Crippen LogP contribution in [0.3, 0.4) is 0 Å². The number of hydrogen-bond donors (Lipinski definition) is 2. The van der Waals surface area contributed by atoms with Gasteiger partial charge in [-0.25, -0.2) is 4.98 Å². The summed E-state index contributed by atoms with van der Waals surface area (Å²) in [7, 11) is 1.73. The molecule has 2 N–H and O–H groups in total. The van der Waals surface area contributed by atoms with Crippen molar-refractivity contribution in [1.82, 2.24) is 14.5 Å². The van der Waals surface area contributed by atoms with Gasteiger partial charge >= 0.3 is 0 Å². The van der Waals surface area contributed by atoms with Crippen LogP contribution in [0.15, 0.2) is 24.3 Å². The van der Waals surface area contributed by atoms with Gasteiger partial charge in [-0.3, -0.25) is 9.69 Å². The van der Waals surface area contributed by atoms with Crippen LogP contribution in [0.2, 0.25) is 5.02 Å². The average molecular weight is 493 g/mol. The SMILES string of the molecule is CN1c2nc(CCCO)n(Cc3ccc(Cl)cc3)c2C(=O)N(CCCOC2CCCCO2)C1O. The molecule has 10 heteroatoms. The smallest absolute Gasteiger partial charge is 0.277 e. The minimum Gasteiger partial charge on any atom is -0.396 e. The molecule has 2 aliphatic rings. The van der Waals surface area contributed by atoms with E-state index < -0.39 is 6.35 Å². The number of aliphatic hydroxyl groups is 2. The summed E-state index contributed by atoms with van der Waals surface area (Å²) in [6, 6.07) is 7.46. The van der Waals surface area contributed by atoms with E-state index >= 15 is 0 Å². The molecule has 0 spiro atoms. The molecule has 3 heterocycles.